The van der Waals surface area contributed by atoms with Crippen molar-refractivity contribution in [2.45, 2.75) is 52.6 Å². The molecule has 0 radical (unpaired) electrons. The number of hydrogen-bond acceptors (Lipinski definition) is 5. The summed E-state index contributed by atoms with van der Waals surface area (Å²) < 4.78 is 0. The molecule has 1 aromatic carbocycles. The molecule has 0 saturated carbocycles. The molecule has 2 rings (SSSR count). The van der Waals surface area contributed by atoms with E-state index in [4.69, 9.17) is 0 Å². The first-order valence-electron chi connectivity index (χ1n) is 10.7. The molecule has 5 amide bonds. The van der Waals surface area contributed by atoms with E-state index >= 15 is 0 Å². The van der Waals surface area contributed by atoms with Crippen LogP contribution in [0.25, 0.3) is 0 Å². The van der Waals surface area contributed by atoms with Gasteiger partial charge in [0.25, 0.3) is 11.8 Å². The first-order chi connectivity index (χ1) is 15.1. The summed E-state index contributed by atoms with van der Waals surface area (Å²) in [6, 6.07) is 5.74. The summed E-state index contributed by atoms with van der Waals surface area (Å²) in [6.07, 6.45) is 3.06. The van der Waals surface area contributed by atoms with Crippen LogP contribution in [0.5, 0.6) is 0 Å². The topological polar surface area (TPSA) is 125 Å². The molecule has 1 aromatic rings. The van der Waals surface area contributed by atoms with Gasteiger partial charge in [-0.1, -0.05) is 32.9 Å². The number of carbonyl (C=O) groups excluding carboxylic acids is 5. The number of nitrogens with one attached hydrogen (secondary N) is 3. The average Bonchev–Trinajstić information content (AvgIpc) is 3.07. The highest BCUT2D eigenvalue weighted by atomic mass is 16.2. The first-order valence-corrected chi connectivity index (χ1v) is 10.7. The Morgan fingerprint density at radius 2 is 1.50 bits per heavy atom. The van der Waals surface area contributed by atoms with Crippen LogP contribution in [0.15, 0.2) is 36.4 Å². The number of amides is 5. The molecular formula is C23H30N4O5. The monoisotopic (exact) mass is 442 g/mol. The minimum atomic E-state index is -0.871. The van der Waals surface area contributed by atoms with E-state index < -0.39 is 35.7 Å². The maximum absolute atomic E-state index is 12.7. The standard InChI is InChI=1S/C23H30N4O5/c1-5-16-6-8-17(9-7-16)25-22(31)15(4)24-23(32)21(14(2)3)26-18(28)12-13-27-19(29)10-11-20(27)30/h6-11,14-15,21H,5,12-13H2,1-4H3,(H,24,32)(H,25,31)(H,26,28). The van der Waals surface area contributed by atoms with E-state index in [1.807, 2.05) is 19.1 Å². The van der Waals surface area contributed by atoms with Crippen LogP contribution >= 0.6 is 0 Å². The van der Waals surface area contributed by atoms with Gasteiger partial charge in [-0.3, -0.25) is 28.9 Å². The molecule has 0 aliphatic carbocycles. The van der Waals surface area contributed by atoms with Crippen molar-refractivity contribution in [1.29, 1.82) is 0 Å². The number of imide groups is 1. The van der Waals surface area contributed by atoms with Crippen molar-refractivity contribution in [1.82, 2.24) is 15.5 Å². The highest BCUT2D eigenvalue weighted by molar-refractivity contribution is 6.13. The summed E-state index contributed by atoms with van der Waals surface area (Å²) in [5, 5.41) is 8.00. The molecule has 0 saturated heterocycles. The molecule has 172 valence electrons. The van der Waals surface area contributed by atoms with Crippen LogP contribution in [0.3, 0.4) is 0 Å². The van der Waals surface area contributed by atoms with Gasteiger partial charge in [0.15, 0.2) is 0 Å². The summed E-state index contributed by atoms with van der Waals surface area (Å²) in [5.74, 6) is -2.52. The molecule has 2 unspecified atom stereocenters. The van der Waals surface area contributed by atoms with Gasteiger partial charge in [-0.25, -0.2) is 0 Å². The number of carbonyl (C=O) groups is 5. The van der Waals surface area contributed by atoms with Gasteiger partial charge in [-0.2, -0.15) is 0 Å². The van der Waals surface area contributed by atoms with Crippen molar-refractivity contribution in [3.63, 3.8) is 0 Å². The van der Waals surface area contributed by atoms with Crippen LogP contribution < -0.4 is 16.0 Å². The van der Waals surface area contributed by atoms with E-state index in [9.17, 15) is 24.0 Å². The minimum absolute atomic E-state index is 0.0709. The molecule has 0 fully saturated rings. The van der Waals surface area contributed by atoms with Gasteiger partial charge >= 0.3 is 0 Å². The van der Waals surface area contributed by atoms with Crippen molar-refractivity contribution in [3.05, 3.63) is 42.0 Å². The quantitative estimate of drug-likeness (QED) is 0.469. The molecule has 1 aliphatic heterocycles. The zero-order valence-corrected chi connectivity index (χ0v) is 18.8. The second-order valence-electron chi connectivity index (χ2n) is 7.97. The highest BCUT2D eigenvalue weighted by Gasteiger charge is 2.28. The number of aryl methyl sites for hydroxylation is 1. The Labute approximate surface area is 187 Å². The van der Waals surface area contributed by atoms with Gasteiger partial charge in [0.2, 0.25) is 17.7 Å². The molecule has 0 bridgehead atoms. The largest absolute Gasteiger partial charge is 0.344 e. The molecule has 1 aliphatic rings. The summed E-state index contributed by atoms with van der Waals surface area (Å²) in [6.45, 7) is 7.06. The Balaban J connectivity index is 1.87. The summed E-state index contributed by atoms with van der Waals surface area (Å²) >= 11 is 0. The summed E-state index contributed by atoms with van der Waals surface area (Å²) in [5.41, 5.74) is 1.78. The molecule has 9 nitrogen and oxygen atoms in total. The Morgan fingerprint density at radius 1 is 0.906 bits per heavy atom. The second kappa shape index (κ2) is 11.2. The lowest BCUT2D eigenvalue weighted by Gasteiger charge is -2.24. The number of anilines is 1. The third-order valence-corrected chi connectivity index (χ3v) is 5.11. The van der Waals surface area contributed by atoms with Crippen molar-refractivity contribution in [2.24, 2.45) is 5.92 Å². The maximum atomic E-state index is 12.7. The normalized spacial score (nSPS) is 15.0. The van der Waals surface area contributed by atoms with Gasteiger partial charge < -0.3 is 16.0 Å². The summed E-state index contributed by atoms with van der Waals surface area (Å²) in [4.78, 5) is 61.5. The zero-order chi connectivity index (χ0) is 23.8. The van der Waals surface area contributed by atoms with Crippen LogP contribution in [0, 0.1) is 5.92 Å². The molecule has 0 spiro atoms. The van der Waals surface area contributed by atoms with Crippen LogP contribution in [0.4, 0.5) is 5.69 Å². The predicted molar refractivity (Wildman–Crippen MR) is 119 cm³/mol. The highest BCUT2D eigenvalue weighted by Crippen LogP contribution is 2.11. The minimum Gasteiger partial charge on any atom is -0.344 e. The van der Waals surface area contributed by atoms with E-state index in [1.54, 1.807) is 32.9 Å². The summed E-state index contributed by atoms with van der Waals surface area (Å²) in [7, 11) is 0. The van der Waals surface area contributed by atoms with E-state index in [2.05, 4.69) is 16.0 Å². The van der Waals surface area contributed by atoms with Crippen LogP contribution in [0.1, 0.15) is 39.7 Å². The van der Waals surface area contributed by atoms with Crippen molar-refractivity contribution in [2.75, 3.05) is 11.9 Å². The maximum Gasteiger partial charge on any atom is 0.253 e. The van der Waals surface area contributed by atoms with Gasteiger partial charge in [0.05, 0.1) is 0 Å². The zero-order valence-electron chi connectivity index (χ0n) is 18.8. The molecule has 9 heteroatoms. The molecular weight excluding hydrogens is 412 g/mol. The fraction of sp³-hybridized carbons (Fsp3) is 0.435. The van der Waals surface area contributed by atoms with E-state index in [0.29, 0.717) is 5.69 Å². The second-order valence-corrected chi connectivity index (χ2v) is 7.97. The number of benzene rings is 1. The van der Waals surface area contributed by atoms with Crippen LogP contribution in [-0.4, -0.2) is 53.1 Å². The van der Waals surface area contributed by atoms with Crippen LogP contribution in [0.2, 0.25) is 0 Å². The number of hydrogen-bond donors (Lipinski definition) is 3. The third-order valence-electron chi connectivity index (χ3n) is 5.11. The molecule has 32 heavy (non-hydrogen) atoms. The van der Waals surface area contributed by atoms with E-state index in [0.717, 1.165) is 29.0 Å². The molecule has 0 aromatic heterocycles. The van der Waals surface area contributed by atoms with E-state index in [1.165, 1.54) is 0 Å². The lowest BCUT2D eigenvalue weighted by atomic mass is 10.0. The Kier molecular flexibility index (Phi) is 8.69. The SMILES string of the molecule is CCc1ccc(NC(=O)C(C)NC(=O)C(NC(=O)CCN2C(=O)C=CC2=O)C(C)C)cc1. The third kappa shape index (κ3) is 6.76. The van der Waals surface area contributed by atoms with Crippen molar-refractivity contribution in [3.8, 4) is 0 Å². The Morgan fingerprint density at radius 3 is 2.03 bits per heavy atom. The van der Waals surface area contributed by atoms with Crippen molar-refractivity contribution >= 4 is 35.2 Å². The smallest absolute Gasteiger partial charge is 0.253 e. The molecule has 3 N–H and O–H groups in total. The fourth-order valence-electron chi connectivity index (χ4n) is 3.09. The predicted octanol–water partition coefficient (Wildman–Crippen LogP) is 1.15. The van der Waals surface area contributed by atoms with Crippen LogP contribution in [-0.2, 0) is 30.4 Å². The van der Waals surface area contributed by atoms with Gasteiger partial charge in [-0.15, -0.1) is 0 Å². The van der Waals surface area contributed by atoms with Gasteiger partial charge in [0.1, 0.15) is 12.1 Å². The lowest BCUT2D eigenvalue weighted by molar-refractivity contribution is -0.137. The Hall–Kier alpha value is -3.49. The lowest BCUT2D eigenvalue weighted by Crippen LogP contribution is -2.54. The molecule has 1 heterocycles. The number of nitrogens with zero attached hydrogens (tertiary/aromatic N) is 1. The van der Waals surface area contributed by atoms with Gasteiger partial charge in [-0.05, 0) is 37.0 Å². The average molecular weight is 443 g/mol. The van der Waals surface area contributed by atoms with Crippen molar-refractivity contribution < 1.29 is 24.0 Å². The fourth-order valence-corrected chi connectivity index (χ4v) is 3.09. The van der Waals surface area contributed by atoms with E-state index in [-0.39, 0.29) is 24.8 Å². The first kappa shape index (κ1) is 24.8. The number of rotatable bonds is 10. The van der Waals surface area contributed by atoms with Gasteiger partial charge in [0, 0.05) is 30.8 Å². The Bertz CT molecular complexity index is 889. The molecule has 2 atom stereocenters.